The van der Waals surface area contributed by atoms with Crippen molar-refractivity contribution in [2.24, 2.45) is 0 Å². The van der Waals surface area contributed by atoms with Crippen LogP contribution in [0.5, 0.6) is 5.75 Å². The number of methoxy groups -OCH3 is 1. The van der Waals surface area contributed by atoms with Crippen LogP contribution in [-0.4, -0.2) is 42.9 Å². The minimum absolute atomic E-state index is 0.330. The van der Waals surface area contributed by atoms with Gasteiger partial charge in [-0.05, 0) is 35.7 Å². The van der Waals surface area contributed by atoms with Gasteiger partial charge in [0.15, 0.2) is 6.29 Å². The van der Waals surface area contributed by atoms with Crippen molar-refractivity contribution < 1.29 is 28.8 Å². The van der Waals surface area contributed by atoms with Crippen molar-refractivity contribution in [3.8, 4) is 5.75 Å². The van der Waals surface area contributed by atoms with E-state index in [-0.39, 0.29) is 6.10 Å². The number of aliphatic hydroxyl groups is 1. The standard InChI is InChI=1S/C28H32O6/c1-20-25(31-19-23-13-15-24(30-2)16-14-23)26(32-17-21-9-5-3-6-10-21)27(28(29)34-20)33-18-22-11-7-4-8-12-22/h3-16,20,25-29H,17-19H2,1-2H3/t20-,25-,26+,27+,28-/m0/s1. The van der Waals surface area contributed by atoms with E-state index >= 15 is 0 Å². The molecule has 0 bridgehead atoms. The molecule has 3 aromatic carbocycles. The molecule has 0 unspecified atom stereocenters. The number of aliphatic hydroxyl groups excluding tert-OH is 1. The number of hydrogen-bond donors (Lipinski definition) is 1. The van der Waals surface area contributed by atoms with E-state index < -0.39 is 24.6 Å². The molecule has 34 heavy (non-hydrogen) atoms. The van der Waals surface area contributed by atoms with Gasteiger partial charge in [0.25, 0.3) is 0 Å². The lowest BCUT2D eigenvalue weighted by Gasteiger charge is -2.43. The monoisotopic (exact) mass is 464 g/mol. The Morgan fingerprint density at radius 2 is 1.12 bits per heavy atom. The van der Waals surface area contributed by atoms with Crippen LogP contribution in [0.2, 0.25) is 0 Å². The van der Waals surface area contributed by atoms with Gasteiger partial charge in [0, 0.05) is 0 Å². The van der Waals surface area contributed by atoms with Gasteiger partial charge < -0.3 is 28.8 Å². The van der Waals surface area contributed by atoms with Crippen molar-refractivity contribution in [1.82, 2.24) is 0 Å². The van der Waals surface area contributed by atoms with Gasteiger partial charge in [0.2, 0.25) is 0 Å². The highest BCUT2D eigenvalue weighted by atomic mass is 16.7. The van der Waals surface area contributed by atoms with E-state index in [1.165, 1.54) is 0 Å². The van der Waals surface area contributed by atoms with Crippen LogP contribution in [0.25, 0.3) is 0 Å². The van der Waals surface area contributed by atoms with E-state index in [0.29, 0.717) is 19.8 Å². The minimum atomic E-state index is -1.12. The third-order valence-corrected chi connectivity index (χ3v) is 5.92. The molecule has 0 aromatic heterocycles. The van der Waals surface area contributed by atoms with Gasteiger partial charge in [-0.25, -0.2) is 0 Å². The highest BCUT2D eigenvalue weighted by Gasteiger charge is 2.46. The Labute approximate surface area is 201 Å². The van der Waals surface area contributed by atoms with Crippen LogP contribution in [0, 0.1) is 0 Å². The molecule has 0 spiro atoms. The largest absolute Gasteiger partial charge is 0.497 e. The van der Waals surface area contributed by atoms with E-state index in [1.807, 2.05) is 91.9 Å². The Bertz CT molecular complexity index is 979. The van der Waals surface area contributed by atoms with E-state index in [2.05, 4.69) is 0 Å². The van der Waals surface area contributed by atoms with Crippen LogP contribution >= 0.6 is 0 Å². The second-order valence-electron chi connectivity index (χ2n) is 8.38. The fourth-order valence-corrected chi connectivity index (χ4v) is 4.04. The maximum atomic E-state index is 10.7. The SMILES string of the molecule is COc1ccc(CO[C@@H]2[C@@H](OCc3ccccc3)[C@@H](OCc3ccccc3)[C@@H](O)O[C@H]2C)cc1. The lowest BCUT2D eigenvalue weighted by atomic mass is 9.98. The summed E-state index contributed by atoms with van der Waals surface area (Å²) < 4.78 is 29.8. The molecule has 6 nitrogen and oxygen atoms in total. The van der Waals surface area contributed by atoms with Crippen molar-refractivity contribution in [3.63, 3.8) is 0 Å². The molecule has 1 aliphatic heterocycles. The second kappa shape index (κ2) is 12.1. The quantitative estimate of drug-likeness (QED) is 0.477. The van der Waals surface area contributed by atoms with Crippen LogP contribution in [0.4, 0.5) is 0 Å². The predicted octanol–water partition coefficient (Wildman–Crippen LogP) is 4.49. The molecular weight excluding hydrogens is 432 g/mol. The second-order valence-corrected chi connectivity index (χ2v) is 8.38. The summed E-state index contributed by atoms with van der Waals surface area (Å²) in [5.41, 5.74) is 3.04. The molecule has 4 rings (SSSR count). The smallest absolute Gasteiger partial charge is 0.184 e. The minimum Gasteiger partial charge on any atom is -0.497 e. The molecule has 1 N–H and O–H groups in total. The van der Waals surface area contributed by atoms with E-state index in [1.54, 1.807) is 7.11 Å². The molecule has 0 radical (unpaired) electrons. The summed E-state index contributed by atoms with van der Waals surface area (Å²) in [6.45, 7) is 2.96. The Morgan fingerprint density at radius 1 is 0.647 bits per heavy atom. The van der Waals surface area contributed by atoms with Crippen molar-refractivity contribution in [2.45, 2.75) is 57.5 Å². The average Bonchev–Trinajstić information content (AvgIpc) is 2.88. The zero-order chi connectivity index (χ0) is 23.8. The first kappa shape index (κ1) is 24.4. The summed E-state index contributed by atoms with van der Waals surface area (Å²) >= 11 is 0. The summed E-state index contributed by atoms with van der Waals surface area (Å²) in [6.07, 6.45) is -3.18. The lowest BCUT2D eigenvalue weighted by molar-refractivity contribution is -0.308. The topological polar surface area (TPSA) is 66.4 Å². The summed E-state index contributed by atoms with van der Waals surface area (Å²) in [7, 11) is 1.64. The Morgan fingerprint density at radius 3 is 1.65 bits per heavy atom. The van der Waals surface area contributed by atoms with Crippen molar-refractivity contribution >= 4 is 0 Å². The maximum Gasteiger partial charge on any atom is 0.184 e. The zero-order valence-electron chi connectivity index (χ0n) is 19.6. The molecule has 1 aliphatic rings. The van der Waals surface area contributed by atoms with Crippen LogP contribution < -0.4 is 4.74 Å². The van der Waals surface area contributed by atoms with Crippen molar-refractivity contribution in [1.29, 1.82) is 0 Å². The van der Waals surface area contributed by atoms with Gasteiger partial charge in [-0.3, -0.25) is 0 Å². The molecular formula is C28H32O6. The van der Waals surface area contributed by atoms with Gasteiger partial charge >= 0.3 is 0 Å². The first-order chi connectivity index (χ1) is 16.6. The number of benzene rings is 3. The molecule has 180 valence electrons. The van der Waals surface area contributed by atoms with Crippen LogP contribution in [0.1, 0.15) is 23.6 Å². The number of ether oxygens (including phenoxy) is 5. The number of rotatable bonds is 10. The Hall–Kier alpha value is -2.74. The fraction of sp³-hybridized carbons (Fsp3) is 0.357. The first-order valence-corrected chi connectivity index (χ1v) is 11.5. The third-order valence-electron chi connectivity index (χ3n) is 5.92. The molecule has 1 heterocycles. The molecule has 6 heteroatoms. The number of hydrogen-bond acceptors (Lipinski definition) is 6. The molecule has 5 atom stereocenters. The van der Waals surface area contributed by atoms with E-state index in [4.69, 9.17) is 23.7 Å². The van der Waals surface area contributed by atoms with Gasteiger partial charge in [-0.15, -0.1) is 0 Å². The van der Waals surface area contributed by atoms with Crippen LogP contribution in [0.15, 0.2) is 84.9 Å². The molecule has 0 saturated carbocycles. The first-order valence-electron chi connectivity index (χ1n) is 11.5. The Kier molecular flexibility index (Phi) is 8.68. The van der Waals surface area contributed by atoms with E-state index in [9.17, 15) is 5.11 Å². The highest BCUT2D eigenvalue weighted by Crippen LogP contribution is 2.29. The summed E-state index contributed by atoms with van der Waals surface area (Å²) in [4.78, 5) is 0. The average molecular weight is 465 g/mol. The fourth-order valence-electron chi connectivity index (χ4n) is 4.04. The van der Waals surface area contributed by atoms with Gasteiger partial charge in [0.1, 0.15) is 24.1 Å². The molecule has 0 aliphatic carbocycles. The predicted molar refractivity (Wildman–Crippen MR) is 128 cm³/mol. The van der Waals surface area contributed by atoms with E-state index in [0.717, 1.165) is 22.4 Å². The van der Waals surface area contributed by atoms with Crippen molar-refractivity contribution in [3.05, 3.63) is 102 Å². The van der Waals surface area contributed by atoms with Crippen molar-refractivity contribution in [2.75, 3.05) is 7.11 Å². The normalized spacial score (nSPS) is 24.6. The van der Waals surface area contributed by atoms with Crippen LogP contribution in [-0.2, 0) is 38.8 Å². The Balaban J connectivity index is 1.49. The molecule has 1 saturated heterocycles. The van der Waals surface area contributed by atoms with Crippen LogP contribution in [0.3, 0.4) is 0 Å². The summed E-state index contributed by atoms with van der Waals surface area (Å²) in [5, 5.41) is 10.7. The molecule has 0 amide bonds. The summed E-state index contributed by atoms with van der Waals surface area (Å²) in [6, 6.07) is 27.5. The molecule has 3 aromatic rings. The van der Waals surface area contributed by atoms with Gasteiger partial charge in [0.05, 0.1) is 33.0 Å². The third kappa shape index (κ3) is 6.44. The lowest BCUT2D eigenvalue weighted by Crippen LogP contribution is -2.59. The van der Waals surface area contributed by atoms with Gasteiger partial charge in [-0.1, -0.05) is 72.8 Å². The highest BCUT2D eigenvalue weighted by molar-refractivity contribution is 5.26. The zero-order valence-corrected chi connectivity index (χ0v) is 19.6. The van der Waals surface area contributed by atoms with Gasteiger partial charge in [-0.2, -0.15) is 0 Å². The molecule has 1 fully saturated rings. The summed E-state index contributed by atoms with van der Waals surface area (Å²) in [5.74, 6) is 0.791. The maximum absolute atomic E-state index is 10.7.